The van der Waals surface area contributed by atoms with E-state index in [1.165, 1.54) is 4.70 Å². The van der Waals surface area contributed by atoms with E-state index in [1.54, 1.807) is 16.2 Å². The molecule has 0 aliphatic carbocycles. The van der Waals surface area contributed by atoms with Gasteiger partial charge in [0, 0.05) is 18.3 Å². The number of carbonyl (C=O) groups excluding carboxylic acids is 1. The predicted molar refractivity (Wildman–Crippen MR) is 82.2 cm³/mol. The van der Waals surface area contributed by atoms with Crippen molar-refractivity contribution in [2.75, 3.05) is 11.9 Å². The summed E-state index contributed by atoms with van der Waals surface area (Å²) in [6.07, 6.45) is 0.470. The lowest BCUT2D eigenvalue weighted by atomic mass is 10.1. The summed E-state index contributed by atoms with van der Waals surface area (Å²) in [6.45, 7) is 0. The van der Waals surface area contributed by atoms with Gasteiger partial charge in [-0.15, -0.1) is 11.3 Å². The average Bonchev–Trinajstić information content (AvgIpc) is 3.01. The molecule has 4 heteroatoms. The molecule has 0 fully saturated rings. The van der Waals surface area contributed by atoms with Crippen molar-refractivity contribution in [2.24, 2.45) is 0 Å². The van der Waals surface area contributed by atoms with Crippen LogP contribution in [0, 0.1) is 0 Å². The minimum atomic E-state index is 0.147. The minimum Gasteiger partial charge on any atom is -0.315 e. The molecule has 20 heavy (non-hydrogen) atoms. The van der Waals surface area contributed by atoms with Gasteiger partial charge < -0.3 is 4.90 Å². The Balaban J connectivity index is 1.94. The fraction of sp³-hybridized carbons (Fsp3) is 0.125. The van der Waals surface area contributed by atoms with Crippen LogP contribution in [-0.2, 0) is 11.2 Å². The highest BCUT2D eigenvalue weighted by Gasteiger charge is 2.27. The number of aromatic nitrogens is 1. The molecule has 0 unspecified atom stereocenters. The lowest BCUT2D eigenvalue weighted by molar-refractivity contribution is -0.117. The van der Waals surface area contributed by atoms with E-state index >= 15 is 0 Å². The quantitative estimate of drug-likeness (QED) is 0.683. The summed E-state index contributed by atoms with van der Waals surface area (Å²) in [5.74, 6) is 0.147. The number of anilines is 1. The summed E-state index contributed by atoms with van der Waals surface area (Å²) < 4.78 is 1.18. The van der Waals surface area contributed by atoms with Crippen molar-refractivity contribution in [3.63, 3.8) is 0 Å². The molecular formula is C16H12N2OS. The van der Waals surface area contributed by atoms with Gasteiger partial charge in [0.25, 0.3) is 0 Å². The summed E-state index contributed by atoms with van der Waals surface area (Å²) >= 11 is 1.68. The van der Waals surface area contributed by atoms with Crippen LogP contribution in [0.5, 0.6) is 0 Å². The van der Waals surface area contributed by atoms with Gasteiger partial charge in [-0.05, 0) is 23.8 Å². The fourth-order valence-electron chi connectivity index (χ4n) is 2.67. The summed E-state index contributed by atoms with van der Waals surface area (Å²) in [7, 11) is 1.83. The number of thiazole rings is 1. The first-order valence-electron chi connectivity index (χ1n) is 6.48. The van der Waals surface area contributed by atoms with E-state index in [0.29, 0.717) is 6.42 Å². The molecule has 1 amide bonds. The molecule has 0 spiro atoms. The van der Waals surface area contributed by atoms with Crippen molar-refractivity contribution in [1.29, 1.82) is 0 Å². The maximum atomic E-state index is 11.9. The number of fused-ring (bicyclic) bond motifs is 2. The number of rotatable bonds is 1. The zero-order valence-electron chi connectivity index (χ0n) is 11.0. The summed E-state index contributed by atoms with van der Waals surface area (Å²) in [5.41, 5.74) is 4.20. The second-order valence-electron chi connectivity index (χ2n) is 4.92. The molecule has 0 bridgehead atoms. The van der Waals surface area contributed by atoms with Crippen LogP contribution in [0.3, 0.4) is 0 Å². The van der Waals surface area contributed by atoms with Crippen LogP contribution in [0.15, 0.2) is 42.5 Å². The molecule has 4 rings (SSSR count). The highest BCUT2D eigenvalue weighted by atomic mass is 32.1. The van der Waals surface area contributed by atoms with Gasteiger partial charge in [0.2, 0.25) is 5.91 Å². The number of likely N-dealkylation sites (N-methyl/N-ethyl adjacent to an activating group) is 1. The standard InChI is InChI=1S/C16H12N2OS/c1-18-13-7-4-5-10(11(13)9-15(18)19)16-17-12-6-2-3-8-14(12)20-16/h2-8H,9H2,1H3. The van der Waals surface area contributed by atoms with E-state index in [0.717, 1.165) is 27.3 Å². The molecular weight excluding hydrogens is 268 g/mol. The van der Waals surface area contributed by atoms with Crippen LogP contribution in [0.25, 0.3) is 20.8 Å². The Morgan fingerprint density at radius 2 is 2.00 bits per heavy atom. The highest BCUT2D eigenvalue weighted by molar-refractivity contribution is 7.21. The third-order valence-corrected chi connectivity index (χ3v) is 4.81. The second-order valence-corrected chi connectivity index (χ2v) is 5.95. The van der Waals surface area contributed by atoms with Crippen LogP contribution in [0.1, 0.15) is 5.56 Å². The summed E-state index contributed by atoms with van der Waals surface area (Å²) in [5, 5.41) is 0.992. The zero-order chi connectivity index (χ0) is 13.7. The third kappa shape index (κ3) is 1.58. The monoisotopic (exact) mass is 280 g/mol. The molecule has 0 saturated carbocycles. The van der Waals surface area contributed by atoms with E-state index in [2.05, 4.69) is 12.1 Å². The largest absolute Gasteiger partial charge is 0.315 e. The van der Waals surface area contributed by atoms with E-state index in [1.807, 2.05) is 37.4 Å². The molecule has 0 saturated heterocycles. The first kappa shape index (κ1) is 11.6. The first-order chi connectivity index (χ1) is 9.74. The van der Waals surface area contributed by atoms with Gasteiger partial charge in [0.15, 0.2) is 0 Å². The van der Waals surface area contributed by atoms with E-state index in [9.17, 15) is 4.79 Å². The third-order valence-electron chi connectivity index (χ3n) is 3.74. The molecule has 2 heterocycles. The van der Waals surface area contributed by atoms with Crippen LogP contribution in [0.2, 0.25) is 0 Å². The molecule has 0 radical (unpaired) electrons. The van der Waals surface area contributed by atoms with Gasteiger partial charge in [0.05, 0.1) is 16.6 Å². The number of hydrogen-bond acceptors (Lipinski definition) is 3. The first-order valence-corrected chi connectivity index (χ1v) is 7.30. The van der Waals surface area contributed by atoms with Gasteiger partial charge in [-0.1, -0.05) is 24.3 Å². The molecule has 0 atom stereocenters. The second kappa shape index (κ2) is 4.15. The number of para-hydroxylation sites is 1. The lowest BCUT2D eigenvalue weighted by Gasteiger charge is -2.10. The van der Waals surface area contributed by atoms with Crippen LogP contribution in [0.4, 0.5) is 5.69 Å². The highest BCUT2D eigenvalue weighted by Crippen LogP contribution is 2.38. The maximum Gasteiger partial charge on any atom is 0.231 e. The Hall–Kier alpha value is -2.20. The average molecular weight is 280 g/mol. The molecule has 1 aliphatic rings. The number of benzene rings is 2. The van der Waals surface area contributed by atoms with Gasteiger partial charge in [0.1, 0.15) is 5.01 Å². The topological polar surface area (TPSA) is 33.2 Å². The number of carbonyl (C=O) groups is 1. The van der Waals surface area contributed by atoms with Crippen molar-refractivity contribution in [3.8, 4) is 10.6 Å². The van der Waals surface area contributed by atoms with E-state index < -0.39 is 0 Å². The Labute approximate surface area is 120 Å². The Morgan fingerprint density at radius 1 is 1.15 bits per heavy atom. The normalized spacial score (nSPS) is 14.1. The van der Waals surface area contributed by atoms with Crippen molar-refractivity contribution < 1.29 is 4.79 Å². The molecule has 3 aromatic rings. The van der Waals surface area contributed by atoms with Crippen molar-refractivity contribution >= 4 is 33.1 Å². The smallest absolute Gasteiger partial charge is 0.231 e. The summed E-state index contributed by atoms with van der Waals surface area (Å²) in [6, 6.07) is 14.2. The van der Waals surface area contributed by atoms with Crippen molar-refractivity contribution in [1.82, 2.24) is 4.98 Å². The zero-order valence-corrected chi connectivity index (χ0v) is 11.8. The van der Waals surface area contributed by atoms with E-state index in [-0.39, 0.29) is 5.91 Å². The number of hydrogen-bond donors (Lipinski definition) is 0. The number of nitrogens with zero attached hydrogens (tertiary/aromatic N) is 2. The van der Waals surface area contributed by atoms with Crippen molar-refractivity contribution in [2.45, 2.75) is 6.42 Å². The van der Waals surface area contributed by atoms with Crippen LogP contribution < -0.4 is 4.90 Å². The molecule has 1 aromatic heterocycles. The molecule has 2 aromatic carbocycles. The Bertz CT molecular complexity index is 804. The van der Waals surface area contributed by atoms with Gasteiger partial charge >= 0.3 is 0 Å². The fourth-order valence-corrected chi connectivity index (χ4v) is 3.68. The lowest BCUT2D eigenvalue weighted by Crippen LogP contribution is -2.20. The van der Waals surface area contributed by atoms with Crippen LogP contribution in [-0.4, -0.2) is 17.9 Å². The Kier molecular flexibility index (Phi) is 2.41. The van der Waals surface area contributed by atoms with Crippen LogP contribution >= 0.6 is 11.3 Å². The molecule has 3 nitrogen and oxygen atoms in total. The SMILES string of the molecule is CN1C(=O)Cc2c(-c3nc4ccccc4s3)cccc21. The Morgan fingerprint density at radius 3 is 2.85 bits per heavy atom. The predicted octanol–water partition coefficient (Wildman–Crippen LogP) is 3.48. The molecule has 98 valence electrons. The number of amides is 1. The molecule has 1 aliphatic heterocycles. The van der Waals surface area contributed by atoms with E-state index in [4.69, 9.17) is 4.98 Å². The van der Waals surface area contributed by atoms with Gasteiger partial charge in [-0.3, -0.25) is 4.79 Å². The maximum absolute atomic E-state index is 11.9. The summed E-state index contributed by atoms with van der Waals surface area (Å²) in [4.78, 5) is 18.3. The van der Waals surface area contributed by atoms with Crippen molar-refractivity contribution in [3.05, 3.63) is 48.0 Å². The minimum absolute atomic E-state index is 0.147. The van der Waals surface area contributed by atoms with Gasteiger partial charge in [-0.2, -0.15) is 0 Å². The molecule has 0 N–H and O–H groups in total. The van der Waals surface area contributed by atoms with Gasteiger partial charge in [-0.25, -0.2) is 4.98 Å².